The van der Waals surface area contributed by atoms with Gasteiger partial charge in [-0.3, -0.25) is 4.90 Å². The zero-order valence-electron chi connectivity index (χ0n) is 14.6. The van der Waals surface area contributed by atoms with Gasteiger partial charge in [-0.25, -0.2) is 0 Å². The third-order valence-corrected chi connectivity index (χ3v) is 6.90. The van der Waals surface area contributed by atoms with Crippen molar-refractivity contribution in [1.82, 2.24) is 4.90 Å². The highest BCUT2D eigenvalue weighted by molar-refractivity contribution is 7.17. The predicted molar refractivity (Wildman–Crippen MR) is 101 cm³/mol. The van der Waals surface area contributed by atoms with Crippen LogP contribution in [0, 0.1) is 11.8 Å². The second kappa shape index (κ2) is 7.02. The van der Waals surface area contributed by atoms with E-state index in [1.807, 2.05) is 5.38 Å². The normalized spacial score (nSPS) is 24.8. The largest absolute Gasteiger partial charge is 0.416 e. The Kier molecular flexibility index (Phi) is 4.88. The number of alkyl halides is 3. The minimum atomic E-state index is -4.28. The molecule has 1 aliphatic heterocycles. The maximum Gasteiger partial charge on any atom is 0.416 e. The van der Waals surface area contributed by atoms with Crippen molar-refractivity contribution >= 4 is 27.1 Å². The van der Waals surface area contributed by atoms with Gasteiger partial charge in [-0.1, -0.05) is 6.07 Å². The Morgan fingerprint density at radius 3 is 2.42 bits per heavy atom. The van der Waals surface area contributed by atoms with Crippen LogP contribution in [0.1, 0.15) is 18.4 Å². The van der Waals surface area contributed by atoms with Crippen molar-refractivity contribution in [1.29, 1.82) is 0 Å². The minimum Gasteiger partial charge on any atom is -0.368 e. The Balaban J connectivity index is 1.41. The standard InChI is InChI=1S/C19H24F3N3S/c20-19(21,22)15-3-4-16-17(12-26-18(16)9-15)25-7-5-24(6-8-25)11-14-2-1-13(14)10-23/h3-4,9,12-14H,1-2,5-8,10-11,23H2/t13?,14-/m0/s1. The van der Waals surface area contributed by atoms with Gasteiger partial charge in [-0.15, -0.1) is 11.3 Å². The Bertz CT molecular complexity index is 763. The number of nitrogens with zero attached hydrogens (tertiary/aromatic N) is 2. The van der Waals surface area contributed by atoms with E-state index in [2.05, 4.69) is 9.80 Å². The van der Waals surface area contributed by atoms with E-state index in [1.165, 1.54) is 36.3 Å². The van der Waals surface area contributed by atoms with Crippen molar-refractivity contribution < 1.29 is 13.2 Å². The summed E-state index contributed by atoms with van der Waals surface area (Å²) in [6.45, 7) is 5.79. The molecule has 1 aromatic heterocycles. The molecule has 0 amide bonds. The van der Waals surface area contributed by atoms with Crippen LogP contribution in [0.25, 0.3) is 10.1 Å². The third kappa shape index (κ3) is 3.44. The van der Waals surface area contributed by atoms with Crippen molar-refractivity contribution in [2.75, 3.05) is 44.2 Å². The number of benzene rings is 1. The van der Waals surface area contributed by atoms with Crippen molar-refractivity contribution in [2.24, 2.45) is 17.6 Å². The topological polar surface area (TPSA) is 32.5 Å². The summed E-state index contributed by atoms with van der Waals surface area (Å²) in [6, 6.07) is 4.08. The van der Waals surface area contributed by atoms with E-state index in [0.717, 1.165) is 56.3 Å². The minimum absolute atomic E-state index is 0.571. The molecule has 1 unspecified atom stereocenters. The van der Waals surface area contributed by atoms with Gasteiger partial charge in [0, 0.05) is 48.2 Å². The second-order valence-electron chi connectivity index (χ2n) is 7.45. The Hall–Kier alpha value is -1.31. The monoisotopic (exact) mass is 383 g/mol. The van der Waals surface area contributed by atoms with Crippen LogP contribution in [0.3, 0.4) is 0 Å². The van der Waals surface area contributed by atoms with E-state index in [0.29, 0.717) is 10.6 Å². The quantitative estimate of drug-likeness (QED) is 0.865. The molecule has 3 nitrogen and oxygen atoms in total. The van der Waals surface area contributed by atoms with E-state index in [4.69, 9.17) is 5.73 Å². The molecule has 0 spiro atoms. The summed E-state index contributed by atoms with van der Waals surface area (Å²) in [6.07, 6.45) is -1.73. The van der Waals surface area contributed by atoms with E-state index in [-0.39, 0.29) is 0 Å². The summed E-state index contributed by atoms with van der Waals surface area (Å²) in [5.41, 5.74) is 6.31. The number of nitrogens with two attached hydrogens (primary N) is 1. The number of anilines is 1. The fraction of sp³-hybridized carbons (Fsp3) is 0.579. The van der Waals surface area contributed by atoms with E-state index >= 15 is 0 Å². The number of halogens is 3. The SMILES string of the molecule is NCC1CC[C@H]1CN1CCN(c2csc3cc(C(F)(F)F)ccc23)CC1. The first-order valence-corrected chi connectivity index (χ1v) is 10.1. The summed E-state index contributed by atoms with van der Waals surface area (Å²) in [5.74, 6) is 1.44. The van der Waals surface area contributed by atoms with Gasteiger partial charge in [-0.05, 0) is 43.4 Å². The average molecular weight is 383 g/mol. The molecule has 2 fully saturated rings. The Labute approximate surface area is 155 Å². The molecule has 4 rings (SSSR count). The van der Waals surface area contributed by atoms with E-state index < -0.39 is 11.7 Å². The highest BCUT2D eigenvalue weighted by atomic mass is 32.1. The molecule has 26 heavy (non-hydrogen) atoms. The molecule has 2 atom stereocenters. The van der Waals surface area contributed by atoms with Crippen LogP contribution in [0.4, 0.5) is 18.9 Å². The Morgan fingerprint density at radius 2 is 1.81 bits per heavy atom. The lowest BCUT2D eigenvalue weighted by Crippen LogP contribution is -2.50. The van der Waals surface area contributed by atoms with Crippen LogP contribution in [0.15, 0.2) is 23.6 Å². The van der Waals surface area contributed by atoms with Gasteiger partial charge in [0.15, 0.2) is 0 Å². The lowest BCUT2D eigenvalue weighted by molar-refractivity contribution is -0.137. The van der Waals surface area contributed by atoms with Gasteiger partial charge >= 0.3 is 6.18 Å². The van der Waals surface area contributed by atoms with Gasteiger partial charge in [0.1, 0.15) is 0 Å². The molecule has 142 valence electrons. The zero-order chi connectivity index (χ0) is 18.3. The van der Waals surface area contributed by atoms with Crippen molar-refractivity contribution in [3.05, 3.63) is 29.1 Å². The van der Waals surface area contributed by atoms with Crippen molar-refractivity contribution in [3.63, 3.8) is 0 Å². The molecule has 0 radical (unpaired) electrons. The molecule has 2 aliphatic rings. The lowest BCUT2D eigenvalue weighted by Gasteiger charge is -2.42. The molecular weight excluding hydrogens is 359 g/mol. The molecule has 1 aromatic carbocycles. The zero-order valence-corrected chi connectivity index (χ0v) is 15.5. The summed E-state index contributed by atoms with van der Waals surface area (Å²) in [7, 11) is 0. The fourth-order valence-electron chi connectivity index (χ4n) is 4.13. The summed E-state index contributed by atoms with van der Waals surface area (Å²) in [5, 5.41) is 2.93. The highest BCUT2D eigenvalue weighted by Gasteiger charge is 2.33. The summed E-state index contributed by atoms with van der Waals surface area (Å²) >= 11 is 1.40. The summed E-state index contributed by atoms with van der Waals surface area (Å²) < 4.78 is 39.4. The number of fused-ring (bicyclic) bond motifs is 1. The highest BCUT2D eigenvalue weighted by Crippen LogP contribution is 2.38. The van der Waals surface area contributed by atoms with Gasteiger partial charge in [0.25, 0.3) is 0 Å². The maximum absolute atomic E-state index is 12.9. The maximum atomic E-state index is 12.9. The van der Waals surface area contributed by atoms with Crippen LogP contribution in [-0.4, -0.2) is 44.2 Å². The molecule has 2 heterocycles. The van der Waals surface area contributed by atoms with Gasteiger partial charge in [-0.2, -0.15) is 13.2 Å². The first kappa shape index (κ1) is 18.1. The van der Waals surface area contributed by atoms with Gasteiger partial charge < -0.3 is 10.6 Å². The van der Waals surface area contributed by atoms with Crippen LogP contribution in [0.2, 0.25) is 0 Å². The van der Waals surface area contributed by atoms with Crippen LogP contribution >= 0.6 is 11.3 Å². The van der Waals surface area contributed by atoms with E-state index in [1.54, 1.807) is 6.07 Å². The molecular formula is C19H24F3N3S. The lowest BCUT2D eigenvalue weighted by atomic mass is 9.73. The Morgan fingerprint density at radius 1 is 1.08 bits per heavy atom. The van der Waals surface area contributed by atoms with Gasteiger partial charge in [0.2, 0.25) is 0 Å². The van der Waals surface area contributed by atoms with Crippen molar-refractivity contribution in [2.45, 2.75) is 19.0 Å². The fourth-order valence-corrected chi connectivity index (χ4v) is 5.14. The number of piperazine rings is 1. The molecule has 2 aromatic rings. The van der Waals surface area contributed by atoms with E-state index in [9.17, 15) is 13.2 Å². The summed E-state index contributed by atoms with van der Waals surface area (Å²) in [4.78, 5) is 4.82. The molecule has 2 N–H and O–H groups in total. The predicted octanol–water partition coefficient (Wildman–Crippen LogP) is 4.03. The average Bonchev–Trinajstić information content (AvgIpc) is 3.02. The van der Waals surface area contributed by atoms with Crippen molar-refractivity contribution in [3.8, 4) is 0 Å². The van der Waals surface area contributed by atoms with Gasteiger partial charge in [0.05, 0.1) is 11.3 Å². The van der Waals surface area contributed by atoms with Crippen LogP contribution < -0.4 is 10.6 Å². The van der Waals surface area contributed by atoms with Crippen LogP contribution in [-0.2, 0) is 6.18 Å². The number of thiophene rings is 1. The first-order valence-electron chi connectivity index (χ1n) is 9.21. The number of hydrogen-bond donors (Lipinski definition) is 1. The number of rotatable bonds is 4. The smallest absolute Gasteiger partial charge is 0.368 e. The third-order valence-electron chi connectivity index (χ3n) is 5.97. The number of hydrogen-bond acceptors (Lipinski definition) is 4. The molecule has 1 saturated heterocycles. The second-order valence-corrected chi connectivity index (χ2v) is 8.36. The first-order chi connectivity index (χ1) is 12.5. The van der Waals surface area contributed by atoms with Crippen LogP contribution in [0.5, 0.6) is 0 Å². The molecule has 0 bridgehead atoms. The molecule has 7 heteroatoms. The molecule has 1 aliphatic carbocycles. The molecule has 1 saturated carbocycles.